The van der Waals surface area contributed by atoms with Crippen molar-refractivity contribution in [1.29, 1.82) is 0 Å². The van der Waals surface area contributed by atoms with E-state index >= 15 is 0 Å². The molecular weight excluding hydrogens is 226 g/mol. The third kappa shape index (κ3) is 1.82. The molecule has 0 aliphatic heterocycles. The summed E-state index contributed by atoms with van der Waals surface area (Å²) in [6.45, 7) is 2.63. The van der Waals surface area contributed by atoms with Gasteiger partial charge in [-0.2, -0.15) is 5.10 Å². The van der Waals surface area contributed by atoms with Crippen molar-refractivity contribution in [3.05, 3.63) is 70.4 Å². The molecule has 2 aromatic heterocycles. The van der Waals surface area contributed by atoms with E-state index in [1.54, 1.807) is 33.7 Å². The van der Waals surface area contributed by atoms with E-state index in [1.807, 2.05) is 19.1 Å². The Balaban J connectivity index is 2.02. The van der Waals surface area contributed by atoms with Crippen molar-refractivity contribution in [2.45, 2.75) is 13.5 Å². The lowest BCUT2D eigenvalue weighted by molar-refractivity contribution is 0.743. The minimum atomic E-state index is -0.0180. The second-order valence-corrected chi connectivity index (χ2v) is 4.38. The Morgan fingerprint density at radius 2 is 1.89 bits per heavy atom. The van der Waals surface area contributed by atoms with Crippen LogP contribution in [0.3, 0.4) is 0 Å². The fourth-order valence-electron chi connectivity index (χ4n) is 1.98. The molecule has 0 fully saturated rings. The van der Waals surface area contributed by atoms with Gasteiger partial charge in [-0.05, 0) is 18.6 Å². The topological polar surface area (TPSA) is 39.3 Å². The van der Waals surface area contributed by atoms with Crippen LogP contribution in [-0.4, -0.2) is 14.2 Å². The molecule has 0 bridgehead atoms. The molecule has 0 spiro atoms. The quantitative estimate of drug-likeness (QED) is 0.684. The van der Waals surface area contributed by atoms with E-state index in [4.69, 9.17) is 0 Å². The number of aromatic nitrogens is 3. The van der Waals surface area contributed by atoms with E-state index in [0.717, 1.165) is 5.56 Å². The highest BCUT2D eigenvalue weighted by Crippen LogP contribution is 2.05. The molecular formula is C14H13N3O. The van der Waals surface area contributed by atoms with Gasteiger partial charge in [0.05, 0.1) is 12.7 Å². The molecule has 3 aromatic rings. The van der Waals surface area contributed by atoms with Gasteiger partial charge in [0, 0.05) is 12.4 Å². The van der Waals surface area contributed by atoms with Gasteiger partial charge in [0.2, 0.25) is 0 Å². The zero-order chi connectivity index (χ0) is 12.5. The Hall–Kier alpha value is -2.36. The molecule has 0 amide bonds. The average Bonchev–Trinajstić information content (AvgIpc) is 2.84. The summed E-state index contributed by atoms with van der Waals surface area (Å²) >= 11 is 0. The van der Waals surface area contributed by atoms with Crippen LogP contribution in [-0.2, 0) is 6.54 Å². The number of hydrogen-bond donors (Lipinski definition) is 0. The van der Waals surface area contributed by atoms with Crippen molar-refractivity contribution < 1.29 is 0 Å². The number of nitrogens with zero attached hydrogens (tertiary/aromatic N) is 3. The van der Waals surface area contributed by atoms with Gasteiger partial charge in [0.25, 0.3) is 5.56 Å². The molecule has 0 aliphatic carbocycles. The molecule has 0 aliphatic rings. The summed E-state index contributed by atoms with van der Waals surface area (Å²) in [7, 11) is 0. The van der Waals surface area contributed by atoms with Gasteiger partial charge < -0.3 is 4.57 Å². The summed E-state index contributed by atoms with van der Waals surface area (Å²) in [5.74, 6) is 0. The number of benzene rings is 1. The third-order valence-electron chi connectivity index (χ3n) is 3.01. The van der Waals surface area contributed by atoms with Crippen LogP contribution in [0.15, 0.2) is 53.7 Å². The second-order valence-electron chi connectivity index (χ2n) is 4.38. The maximum Gasteiger partial charge on any atom is 0.276 e. The molecule has 3 rings (SSSR count). The largest absolute Gasteiger partial charge is 0.308 e. The Morgan fingerprint density at radius 3 is 2.67 bits per heavy atom. The number of hydrogen-bond acceptors (Lipinski definition) is 2. The predicted molar refractivity (Wildman–Crippen MR) is 69.7 cm³/mol. The van der Waals surface area contributed by atoms with Gasteiger partial charge >= 0.3 is 0 Å². The van der Waals surface area contributed by atoms with Crippen molar-refractivity contribution in [1.82, 2.24) is 14.2 Å². The van der Waals surface area contributed by atoms with Crippen LogP contribution in [0.4, 0.5) is 0 Å². The maximum absolute atomic E-state index is 12.2. The molecule has 2 heterocycles. The van der Waals surface area contributed by atoms with Crippen molar-refractivity contribution in [2.75, 3.05) is 0 Å². The Kier molecular flexibility index (Phi) is 2.48. The van der Waals surface area contributed by atoms with Crippen molar-refractivity contribution in [2.24, 2.45) is 0 Å². The SMILES string of the molecule is Cc1ccc(Cn2ccn3nccc3c2=O)cc1. The molecule has 0 radical (unpaired) electrons. The Bertz CT molecular complexity index is 738. The first-order chi connectivity index (χ1) is 8.74. The Morgan fingerprint density at radius 1 is 1.11 bits per heavy atom. The molecule has 4 heteroatoms. The van der Waals surface area contributed by atoms with Gasteiger partial charge in [0.1, 0.15) is 5.52 Å². The van der Waals surface area contributed by atoms with Gasteiger partial charge in [-0.15, -0.1) is 0 Å². The van der Waals surface area contributed by atoms with E-state index in [1.165, 1.54) is 5.56 Å². The fourth-order valence-corrected chi connectivity index (χ4v) is 1.98. The van der Waals surface area contributed by atoms with Crippen LogP contribution in [0.1, 0.15) is 11.1 Å². The zero-order valence-corrected chi connectivity index (χ0v) is 10.1. The summed E-state index contributed by atoms with van der Waals surface area (Å²) in [4.78, 5) is 12.2. The van der Waals surface area contributed by atoms with Gasteiger partial charge in [0.15, 0.2) is 0 Å². The van der Waals surface area contributed by atoms with Crippen molar-refractivity contribution >= 4 is 5.52 Å². The molecule has 4 nitrogen and oxygen atoms in total. The summed E-state index contributed by atoms with van der Waals surface area (Å²) in [6, 6.07) is 9.92. The predicted octanol–water partition coefficient (Wildman–Crippen LogP) is 1.85. The lowest BCUT2D eigenvalue weighted by Gasteiger charge is -2.06. The lowest BCUT2D eigenvalue weighted by Crippen LogP contribution is -2.21. The van der Waals surface area contributed by atoms with Crippen molar-refractivity contribution in [3.8, 4) is 0 Å². The average molecular weight is 239 g/mol. The van der Waals surface area contributed by atoms with Gasteiger partial charge in [-0.1, -0.05) is 29.8 Å². The standard InChI is InChI=1S/C14H13N3O/c1-11-2-4-12(5-3-11)10-16-8-9-17-13(14(16)18)6-7-15-17/h2-9H,10H2,1H3. The Labute approximate surface area is 104 Å². The summed E-state index contributed by atoms with van der Waals surface area (Å²) in [5.41, 5.74) is 2.92. The number of fused-ring (bicyclic) bond motifs is 1. The normalized spacial score (nSPS) is 10.9. The van der Waals surface area contributed by atoms with Gasteiger partial charge in [-0.3, -0.25) is 4.79 Å². The first kappa shape index (κ1) is 10.8. The monoisotopic (exact) mass is 239 g/mol. The number of rotatable bonds is 2. The highest BCUT2D eigenvalue weighted by Gasteiger charge is 2.03. The van der Waals surface area contributed by atoms with Crippen LogP contribution in [0.5, 0.6) is 0 Å². The van der Waals surface area contributed by atoms with E-state index in [-0.39, 0.29) is 5.56 Å². The smallest absolute Gasteiger partial charge is 0.276 e. The molecule has 18 heavy (non-hydrogen) atoms. The highest BCUT2D eigenvalue weighted by atomic mass is 16.1. The first-order valence-corrected chi connectivity index (χ1v) is 5.82. The molecule has 0 unspecified atom stereocenters. The number of aryl methyl sites for hydroxylation is 1. The van der Waals surface area contributed by atoms with Crippen LogP contribution < -0.4 is 5.56 Å². The van der Waals surface area contributed by atoms with E-state index in [9.17, 15) is 4.79 Å². The first-order valence-electron chi connectivity index (χ1n) is 5.82. The van der Waals surface area contributed by atoms with E-state index in [2.05, 4.69) is 17.2 Å². The summed E-state index contributed by atoms with van der Waals surface area (Å²) in [5, 5.41) is 4.04. The maximum atomic E-state index is 12.2. The van der Waals surface area contributed by atoms with Crippen LogP contribution >= 0.6 is 0 Å². The van der Waals surface area contributed by atoms with E-state index in [0.29, 0.717) is 12.1 Å². The molecule has 90 valence electrons. The molecule has 1 aromatic carbocycles. The summed E-state index contributed by atoms with van der Waals surface area (Å²) < 4.78 is 3.29. The molecule has 0 N–H and O–H groups in total. The fraction of sp³-hybridized carbons (Fsp3) is 0.143. The third-order valence-corrected chi connectivity index (χ3v) is 3.01. The van der Waals surface area contributed by atoms with Crippen LogP contribution in [0, 0.1) is 6.92 Å². The van der Waals surface area contributed by atoms with Crippen LogP contribution in [0.25, 0.3) is 5.52 Å². The molecule has 0 saturated carbocycles. The van der Waals surface area contributed by atoms with Crippen LogP contribution in [0.2, 0.25) is 0 Å². The zero-order valence-electron chi connectivity index (χ0n) is 10.1. The summed E-state index contributed by atoms with van der Waals surface area (Å²) in [6.07, 6.45) is 5.19. The molecule has 0 saturated heterocycles. The minimum Gasteiger partial charge on any atom is -0.308 e. The van der Waals surface area contributed by atoms with Crippen molar-refractivity contribution in [3.63, 3.8) is 0 Å². The minimum absolute atomic E-state index is 0.0180. The highest BCUT2D eigenvalue weighted by molar-refractivity contribution is 5.42. The second kappa shape index (κ2) is 4.14. The van der Waals surface area contributed by atoms with Gasteiger partial charge in [-0.25, -0.2) is 4.52 Å². The lowest BCUT2D eigenvalue weighted by atomic mass is 10.1. The molecule has 0 atom stereocenters. The van der Waals surface area contributed by atoms with E-state index < -0.39 is 0 Å².